The molecule has 4 nitrogen and oxygen atoms in total. The number of hydrogen-bond donors (Lipinski definition) is 2. The maximum atomic E-state index is 11.5. The third-order valence-electron chi connectivity index (χ3n) is 2.26. The van der Waals surface area contributed by atoms with Gasteiger partial charge in [0.05, 0.1) is 11.6 Å². The Morgan fingerprint density at radius 3 is 2.36 bits per heavy atom. The average Bonchev–Trinajstić information content (AvgIpc) is 2.13. The first-order valence-corrected chi connectivity index (χ1v) is 4.88. The second-order valence-corrected chi connectivity index (χ2v) is 4.45. The number of methoxy groups -OCH3 is 1. The van der Waals surface area contributed by atoms with Crippen LogP contribution in [0.2, 0.25) is 0 Å². The van der Waals surface area contributed by atoms with Crippen LogP contribution in [-0.2, 0) is 9.53 Å². The molecule has 14 heavy (non-hydrogen) atoms. The van der Waals surface area contributed by atoms with E-state index in [1.54, 1.807) is 7.11 Å². The zero-order valence-corrected chi connectivity index (χ0v) is 9.76. The van der Waals surface area contributed by atoms with Gasteiger partial charge in [-0.05, 0) is 19.8 Å². The Morgan fingerprint density at radius 1 is 1.50 bits per heavy atom. The summed E-state index contributed by atoms with van der Waals surface area (Å²) >= 11 is 0. The minimum absolute atomic E-state index is 0.120. The molecule has 0 aliphatic carbocycles. The molecule has 0 fully saturated rings. The number of rotatable bonds is 5. The Kier molecular flexibility index (Phi) is 5.08. The molecule has 0 spiro atoms. The summed E-state index contributed by atoms with van der Waals surface area (Å²) in [5.41, 5.74) is 5.34. The minimum Gasteiger partial charge on any atom is -0.377 e. The molecular formula is C10H22N2O2. The van der Waals surface area contributed by atoms with Crippen molar-refractivity contribution in [2.75, 3.05) is 13.7 Å². The lowest BCUT2D eigenvalue weighted by atomic mass is 10.0. The summed E-state index contributed by atoms with van der Waals surface area (Å²) in [6.07, 6.45) is 0. The summed E-state index contributed by atoms with van der Waals surface area (Å²) in [5, 5.41) is 2.77. The van der Waals surface area contributed by atoms with Crippen LogP contribution < -0.4 is 11.1 Å². The highest BCUT2D eigenvalue weighted by Gasteiger charge is 2.21. The van der Waals surface area contributed by atoms with Crippen molar-refractivity contribution in [2.45, 2.75) is 39.3 Å². The van der Waals surface area contributed by atoms with Crippen LogP contribution in [0.3, 0.4) is 0 Å². The van der Waals surface area contributed by atoms with Gasteiger partial charge in [0.15, 0.2) is 0 Å². The fourth-order valence-corrected chi connectivity index (χ4v) is 0.793. The third-order valence-corrected chi connectivity index (χ3v) is 2.26. The molecule has 1 unspecified atom stereocenters. The van der Waals surface area contributed by atoms with Crippen molar-refractivity contribution in [3.05, 3.63) is 0 Å². The summed E-state index contributed by atoms with van der Waals surface area (Å²) < 4.78 is 5.17. The Labute approximate surface area is 86.2 Å². The van der Waals surface area contributed by atoms with Crippen LogP contribution in [0.25, 0.3) is 0 Å². The molecule has 0 aromatic heterocycles. The Balaban J connectivity index is 3.97. The van der Waals surface area contributed by atoms with Crippen molar-refractivity contribution in [3.63, 3.8) is 0 Å². The van der Waals surface area contributed by atoms with Crippen LogP contribution in [0.1, 0.15) is 27.7 Å². The summed E-state index contributed by atoms with van der Waals surface area (Å²) in [5.74, 6) is 0.0331. The van der Waals surface area contributed by atoms with Crippen molar-refractivity contribution < 1.29 is 9.53 Å². The molecule has 4 heteroatoms. The molecule has 84 valence electrons. The van der Waals surface area contributed by atoms with Crippen LogP contribution in [0.5, 0.6) is 0 Å². The Morgan fingerprint density at radius 2 is 2.00 bits per heavy atom. The SMILES string of the molecule is COC(C)(C)CNC(=O)C(N)C(C)C. The van der Waals surface area contributed by atoms with Gasteiger partial charge in [-0.15, -0.1) is 0 Å². The van der Waals surface area contributed by atoms with Gasteiger partial charge in [-0.3, -0.25) is 4.79 Å². The summed E-state index contributed by atoms with van der Waals surface area (Å²) in [4.78, 5) is 11.5. The van der Waals surface area contributed by atoms with Crippen LogP contribution >= 0.6 is 0 Å². The van der Waals surface area contributed by atoms with E-state index < -0.39 is 6.04 Å². The van der Waals surface area contributed by atoms with Gasteiger partial charge >= 0.3 is 0 Å². The first-order chi connectivity index (χ1) is 6.30. The maximum Gasteiger partial charge on any atom is 0.237 e. The molecule has 0 radical (unpaired) electrons. The molecule has 0 saturated carbocycles. The van der Waals surface area contributed by atoms with Gasteiger partial charge in [0.2, 0.25) is 5.91 Å². The quantitative estimate of drug-likeness (QED) is 0.682. The highest BCUT2D eigenvalue weighted by Crippen LogP contribution is 2.05. The molecule has 3 N–H and O–H groups in total. The van der Waals surface area contributed by atoms with Crippen molar-refractivity contribution >= 4 is 5.91 Å². The predicted molar refractivity (Wildman–Crippen MR) is 56.9 cm³/mol. The second kappa shape index (κ2) is 5.32. The Bertz CT molecular complexity index is 191. The molecule has 0 aromatic rings. The summed E-state index contributed by atoms with van der Waals surface area (Å²) in [6.45, 7) is 8.14. The normalized spacial score (nSPS) is 14.2. The number of carbonyl (C=O) groups excluding carboxylic acids is 1. The number of nitrogens with one attached hydrogen (secondary N) is 1. The van der Waals surface area contributed by atoms with Crippen LogP contribution in [0.4, 0.5) is 0 Å². The topological polar surface area (TPSA) is 64.3 Å². The van der Waals surface area contributed by atoms with E-state index in [1.807, 2.05) is 27.7 Å². The lowest BCUT2D eigenvalue weighted by molar-refractivity contribution is -0.124. The fraction of sp³-hybridized carbons (Fsp3) is 0.900. The van der Waals surface area contributed by atoms with Crippen molar-refractivity contribution in [2.24, 2.45) is 11.7 Å². The van der Waals surface area contributed by atoms with Gasteiger partial charge in [0.1, 0.15) is 0 Å². The van der Waals surface area contributed by atoms with Gasteiger partial charge in [0.25, 0.3) is 0 Å². The predicted octanol–water partition coefficient (Wildman–Crippen LogP) is 0.511. The number of carbonyl (C=O) groups is 1. The van der Waals surface area contributed by atoms with Crippen molar-refractivity contribution in [3.8, 4) is 0 Å². The lowest BCUT2D eigenvalue weighted by Gasteiger charge is -2.24. The zero-order chi connectivity index (χ0) is 11.4. The molecule has 0 heterocycles. The van der Waals surface area contributed by atoms with Gasteiger partial charge in [-0.2, -0.15) is 0 Å². The molecule has 0 saturated heterocycles. The number of ether oxygens (including phenoxy) is 1. The number of hydrogen-bond acceptors (Lipinski definition) is 3. The molecule has 0 rings (SSSR count). The first kappa shape index (κ1) is 13.4. The van der Waals surface area contributed by atoms with Gasteiger partial charge in [-0.1, -0.05) is 13.8 Å². The van der Waals surface area contributed by atoms with Crippen LogP contribution in [0.15, 0.2) is 0 Å². The third kappa shape index (κ3) is 4.58. The largest absolute Gasteiger partial charge is 0.377 e. The van der Waals surface area contributed by atoms with Gasteiger partial charge in [0, 0.05) is 13.7 Å². The fourth-order valence-electron chi connectivity index (χ4n) is 0.793. The smallest absolute Gasteiger partial charge is 0.237 e. The molecule has 0 aliphatic heterocycles. The van der Waals surface area contributed by atoms with E-state index in [9.17, 15) is 4.79 Å². The highest BCUT2D eigenvalue weighted by atomic mass is 16.5. The molecular weight excluding hydrogens is 180 g/mol. The molecule has 1 atom stereocenters. The van der Waals surface area contributed by atoms with E-state index in [-0.39, 0.29) is 17.4 Å². The van der Waals surface area contributed by atoms with Crippen LogP contribution in [0, 0.1) is 5.92 Å². The highest BCUT2D eigenvalue weighted by molar-refractivity contribution is 5.81. The summed E-state index contributed by atoms with van der Waals surface area (Å²) in [6, 6.07) is -0.442. The Hall–Kier alpha value is -0.610. The van der Waals surface area contributed by atoms with E-state index in [2.05, 4.69) is 5.32 Å². The zero-order valence-electron chi connectivity index (χ0n) is 9.76. The van der Waals surface area contributed by atoms with E-state index in [1.165, 1.54) is 0 Å². The number of nitrogens with two attached hydrogens (primary N) is 1. The van der Waals surface area contributed by atoms with E-state index in [4.69, 9.17) is 10.5 Å². The lowest BCUT2D eigenvalue weighted by Crippen LogP contribution is -2.48. The second-order valence-electron chi connectivity index (χ2n) is 4.45. The molecule has 0 aliphatic rings. The summed E-state index contributed by atoms with van der Waals surface area (Å²) in [7, 11) is 1.62. The van der Waals surface area contributed by atoms with E-state index >= 15 is 0 Å². The van der Waals surface area contributed by atoms with E-state index in [0.717, 1.165) is 0 Å². The average molecular weight is 202 g/mol. The molecule has 0 bridgehead atoms. The van der Waals surface area contributed by atoms with Gasteiger partial charge < -0.3 is 15.8 Å². The minimum atomic E-state index is -0.442. The monoisotopic (exact) mass is 202 g/mol. The van der Waals surface area contributed by atoms with Gasteiger partial charge in [-0.25, -0.2) is 0 Å². The first-order valence-electron chi connectivity index (χ1n) is 4.88. The maximum absolute atomic E-state index is 11.5. The molecule has 0 aromatic carbocycles. The van der Waals surface area contributed by atoms with Crippen LogP contribution in [-0.4, -0.2) is 31.2 Å². The van der Waals surface area contributed by atoms with Crippen molar-refractivity contribution in [1.29, 1.82) is 0 Å². The number of amides is 1. The van der Waals surface area contributed by atoms with E-state index in [0.29, 0.717) is 6.54 Å². The molecule has 1 amide bonds. The van der Waals surface area contributed by atoms with Crippen molar-refractivity contribution in [1.82, 2.24) is 5.32 Å². The standard InChI is InChI=1S/C10H22N2O2/c1-7(2)8(11)9(13)12-6-10(3,4)14-5/h7-8H,6,11H2,1-5H3,(H,12,13).